The molecule has 0 aliphatic heterocycles. The van der Waals surface area contributed by atoms with Gasteiger partial charge in [-0.2, -0.15) is 5.26 Å². The smallest absolute Gasteiger partial charge is 0.143 e. The molecule has 0 N–H and O–H groups in total. The second-order valence-corrected chi connectivity index (χ2v) is 9.98. The highest BCUT2D eigenvalue weighted by atomic mass is 16.3. The zero-order chi connectivity index (χ0) is 26.6. The largest absolute Gasteiger partial charge is 0.456 e. The van der Waals surface area contributed by atoms with E-state index in [4.69, 9.17) is 8.83 Å². The average molecular weight is 512 g/mol. The molecule has 0 unspecified atom stereocenters. The fourth-order valence-corrected chi connectivity index (χ4v) is 5.96. The van der Waals surface area contributed by atoms with Gasteiger partial charge in [0.2, 0.25) is 0 Å². The monoisotopic (exact) mass is 511 g/mol. The minimum Gasteiger partial charge on any atom is -0.456 e. The predicted molar refractivity (Wildman–Crippen MR) is 162 cm³/mol. The van der Waals surface area contributed by atoms with Crippen LogP contribution in [0.25, 0.3) is 77.3 Å². The molecule has 0 saturated heterocycles. The number of nitriles is 1. The van der Waals surface area contributed by atoms with Gasteiger partial charge in [-0.3, -0.25) is 0 Å². The van der Waals surface area contributed by atoms with Gasteiger partial charge in [0, 0.05) is 32.7 Å². The Balaban J connectivity index is 1.45. The highest BCUT2D eigenvalue weighted by Crippen LogP contribution is 2.45. The molecule has 2 heterocycles. The summed E-state index contributed by atoms with van der Waals surface area (Å²) in [4.78, 5) is 0. The molecule has 3 heteroatoms. The number of hydrogen-bond acceptors (Lipinski definition) is 3. The first-order valence-corrected chi connectivity index (χ1v) is 13.2. The summed E-state index contributed by atoms with van der Waals surface area (Å²) in [6.07, 6.45) is 0. The first kappa shape index (κ1) is 22.4. The molecule has 0 bridgehead atoms. The van der Waals surface area contributed by atoms with E-state index in [2.05, 4.69) is 72.8 Å². The molecule has 8 aromatic rings. The van der Waals surface area contributed by atoms with Gasteiger partial charge >= 0.3 is 0 Å². The van der Waals surface area contributed by atoms with Crippen LogP contribution in [0.15, 0.2) is 136 Å². The molecule has 6 aromatic carbocycles. The molecule has 2 aromatic heterocycles. The summed E-state index contributed by atoms with van der Waals surface area (Å²) in [5.74, 6) is 0. The molecule has 0 amide bonds. The Morgan fingerprint density at radius 3 is 1.90 bits per heavy atom. The van der Waals surface area contributed by atoms with E-state index < -0.39 is 0 Å². The zero-order valence-electron chi connectivity index (χ0n) is 21.4. The van der Waals surface area contributed by atoms with Gasteiger partial charge in [-0.15, -0.1) is 0 Å². The quantitative estimate of drug-likeness (QED) is 0.237. The first-order valence-electron chi connectivity index (χ1n) is 13.2. The lowest BCUT2D eigenvalue weighted by Crippen LogP contribution is -1.93. The van der Waals surface area contributed by atoms with Crippen LogP contribution in [0, 0.1) is 11.3 Å². The van der Waals surface area contributed by atoms with Crippen molar-refractivity contribution in [3.8, 4) is 39.4 Å². The maximum absolute atomic E-state index is 10.1. The highest BCUT2D eigenvalue weighted by Gasteiger charge is 2.20. The number of nitrogens with zero attached hydrogens (tertiary/aromatic N) is 1. The molecule has 186 valence electrons. The second kappa shape index (κ2) is 8.73. The van der Waals surface area contributed by atoms with Gasteiger partial charge in [-0.25, -0.2) is 0 Å². The van der Waals surface area contributed by atoms with Crippen molar-refractivity contribution in [1.29, 1.82) is 5.26 Å². The van der Waals surface area contributed by atoms with Gasteiger partial charge in [0.15, 0.2) is 0 Å². The van der Waals surface area contributed by atoms with Crippen molar-refractivity contribution in [3.05, 3.63) is 133 Å². The van der Waals surface area contributed by atoms with E-state index >= 15 is 0 Å². The van der Waals surface area contributed by atoms with Gasteiger partial charge in [-0.05, 0) is 52.6 Å². The molecule has 3 nitrogen and oxygen atoms in total. The molecular weight excluding hydrogens is 490 g/mol. The Labute approximate surface area is 230 Å². The first-order chi connectivity index (χ1) is 19.8. The summed E-state index contributed by atoms with van der Waals surface area (Å²) in [7, 11) is 0. The Morgan fingerprint density at radius 1 is 0.450 bits per heavy atom. The summed E-state index contributed by atoms with van der Waals surface area (Å²) in [5, 5.41) is 14.5. The van der Waals surface area contributed by atoms with Crippen LogP contribution in [0.4, 0.5) is 0 Å². The Hall–Kier alpha value is -5.59. The molecule has 40 heavy (non-hydrogen) atoms. The van der Waals surface area contributed by atoms with Gasteiger partial charge in [0.05, 0.1) is 11.6 Å². The fourth-order valence-electron chi connectivity index (χ4n) is 5.96. The van der Waals surface area contributed by atoms with Crippen molar-refractivity contribution in [1.82, 2.24) is 0 Å². The number of fused-ring (bicyclic) bond motifs is 6. The van der Waals surface area contributed by atoms with E-state index in [-0.39, 0.29) is 0 Å². The standard InChI is InChI=1S/C37H21NO2/c38-22-24-9-1-2-10-26(24)36-25(23-19-20-29-27-11-3-5-17-33(27)39-35(29)21-23)13-7-14-30(36)32-16-8-15-31-28-12-4-6-18-34(28)40-37(31)32/h1-21H. The van der Waals surface area contributed by atoms with Crippen LogP contribution >= 0.6 is 0 Å². The van der Waals surface area contributed by atoms with E-state index in [0.717, 1.165) is 77.3 Å². The van der Waals surface area contributed by atoms with Crippen molar-refractivity contribution >= 4 is 43.9 Å². The van der Waals surface area contributed by atoms with Crippen LogP contribution in [0.5, 0.6) is 0 Å². The summed E-state index contributed by atoms with van der Waals surface area (Å²) in [6.45, 7) is 0. The topological polar surface area (TPSA) is 50.1 Å². The lowest BCUT2D eigenvalue weighted by Gasteiger charge is -2.17. The molecule has 0 saturated carbocycles. The molecule has 0 aliphatic rings. The zero-order valence-corrected chi connectivity index (χ0v) is 21.4. The number of hydrogen-bond donors (Lipinski definition) is 0. The SMILES string of the molecule is N#Cc1ccccc1-c1c(-c2ccc3c(c2)oc2ccccc23)cccc1-c1cccc2c1oc1ccccc12. The summed E-state index contributed by atoms with van der Waals surface area (Å²) >= 11 is 0. The van der Waals surface area contributed by atoms with E-state index in [0.29, 0.717) is 5.56 Å². The van der Waals surface area contributed by atoms with E-state index in [1.807, 2.05) is 60.7 Å². The normalized spacial score (nSPS) is 11.5. The number of furan rings is 2. The maximum atomic E-state index is 10.1. The van der Waals surface area contributed by atoms with Crippen LogP contribution in [-0.4, -0.2) is 0 Å². The van der Waals surface area contributed by atoms with Crippen LogP contribution in [0.2, 0.25) is 0 Å². The van der Waals surface area contributed by atoms with Crippen molar-refractivity contribution in [2.45, 2.75) is 0 Å². The Morgan fingerprint density at radius 2 is 1.05 bits per heavy atom. The van der Waals surface area contributed by atoms with Crippen LogP contribution in [0.1, 0.15) is 5.56 Å². The van der Waals surface area contributed by atoms with E-state index in [1.54, 1.807) is 0 Å². The number of rotatable bonds is 3. The molecule has 8 rings (SSSR count). The van der Waals surface area contributed by atoms with Crippen LogP contribution < -0.4 is 0 Å². The van der Waals surface area contributed by atoms with Crippen molar-refractivity contribution < 1.29 is 8.83 Å². The third-order valence-electron chi connectivity index (χ3n) is 7.77. The van der Waals surface area contributed by atoms with Crippen molar-refractivity contribution in [3.63, 3.8) is 0 Å². The van der Waals surface area contributed by atoms with E-state index in [9.17, 15) is 5.26 Å². The van der Waals surface area contributed by atoms with Gasteiger partial charge in [0.1, 0.15) is 22.3 Å². The van der Waals surface area contributed by atoms with E-state index in [1.165, 1.54) is 0 Å². The molecule has 0 atom stereocenters. The third kappa shape index (κ3) is 3.30. The summed E-state index contributed by atoms with van der Waals surface area (Å²) in [6, 6.07) is 45.4. The van der Waals surface area contributed by atoms with Crippen molar-refractivity contribution in [2.75, 3.05) is 0 Å². The average Bonchev–Trinajstić information content (AvgIpc) is 3.58. The fraction of sp³-hybridized carbons (Fsp3) is 0. The highest BCUT2D eigenvalue weighted by molar-refractivity contribution is 6.12. The molecule has 0 radical (unpaired) electrons. The van der Waals surface area contributed by atoms with Crippen LogP contribution in [0.3, 0.4) is 0 Å². The minimum atomic E-state index is 0.623. The molecule has 0 aliphatic carbocycles. The Bertz CT molecular complexity index is 2290. The summed E-state index contributed by atoms with van der Waals surface area (Å²) < 4.78 is 12.7. The summed E-state index contributed by atoms with van der Waals surface area (Å²) in [5.41, 5.74) is 9.94. The van der Waals surface area contributed by atoms with Crippen molar-refractivity contribution in [2.24, 2.45) is 0 Å². The second-order valence-electron chi connectivity index (χ2n) is 9.98. The number of benzene rings is 6. The predicted octanol–water partition coefficient (Wildman–Crippen LogP) is 10.4. The molecule has 0 spiro atoms. The third-order valence-corrected chi connectivity index (χ3v) is 7.77. The maximum Gasteiger partial charge on any atom is 0.143 e. The molecule has 0 fully saturated rings. The van der Waals surface area contributed by atoms with Gasteiger partial charge in [-0.1, -0.05) is 97.1 Å². The van der Waals surface area contributed by atoms with Crippen LogP contribution in [-0.2, 0) is 0 Å². The Kier molecular flexibility index (Phi) is 4.89. The lowest BCUT2D eigenvalue weighted by atomic mass is 9.85. The van der Waals surface area contributed by atoms with Gasteiger partial charge < -0.3 is 8.83 Å². The molecular formula is C37H21NO2. The number of para-hydroxylation sites is 3. The lowest BCUT2D eigenvalue weighted by molar-refractivity contribution is 0.669. The minimum absolute atomic E-state index is 0.623. The van der Waals surface area contributed by atoms with Gasteiger partial charge in [0.25, 0.3) is 0 Å².